The second kappa shape index (κ2) is 7.83. The first-order valence-corrected chi connectivity index (χ1v) is 8.57. The molecule has 12 nitrogen and oxygen atoms in total. The maximum absolute atomic E-state index is 11.4. The highest BCUT2D eigenvalue weighted by Crippen LogP contribution is 2.32. The largest absolute Gasteiger partial charge is 0.479 e. The zero-order valence-electron chi connectivity index (χ0n) is 14.7. The number of nitrogens with two attached hydrogens (primary N) is 1. The summed E-state index contributed by atoms with van der Waals surface area (Å²) >= 11 is 5.85. The third-order valence-corrected chi connectivity index (χ3v) is 4.54. The van der Waals surface area contributed by atoms with Gasteiger partial charge >= 0.3 is 11.9 Å². The quantitative estimate of drug-likeness (QED) is 0.400. The van der Waals surface area contributed by atoms with Gasteiger partial charge in [-0.15, -0.1) is 0 Å². The minimum Gasteiger partial charge on any atom is -0.479 e. The molecule has 0 spiro atoms. The molecule has 0 aromatic carbocycles. The number of carboxylic acid groups (broad SMARTS) is 2. The Morgan fingerprint density at radius 1 is 1.39 bits per heavy atom. The first-order valence-electron chi connectivity index (χ1n) is 8.19. The summed E-state index contributed by atoms with van der Waals surface area (Å²) in [5, 5.41) is 18.6. The van der Waals surface area contributed by atoms with Crippen LogP contribution in [0.3, 0.4) is 0 Å². The Hall–Kier alpha value is -2.54. The van der Waals surface area contributed by atoms with E-state index >= 15 is 0 Å². The maximum Gasteiger partial charge on any atom is 0.350 e. The molecule has 13 heteroatoms. The van der Waals surface area contributed by atoms with E-state index in [9.17, 15) is 19.8 Å². The summed E-state index contributed by atoms with van der Waals surface area (Å²) in [5.41, 5.74) is 4.05. The van der Waals surface area contributed by atoms with Crippen molar-refractivity contribution < 1.29 is 34.0 Å². The third-order valence-electron chi connectivity index (χ3n) is 4.37. The van der Waals surface area contributed by atoms with Gasteiger partial charge in [-0.1, -0.05) is 0 Å². The molecule has 3 rings (SSSR count). The van der Waals surface area contributed by atoms with Crippen LogP contribution in [0.15, 0.2) is 6.33 Å². The van der Waals surface area contributed by atoms with Crippen LogP contribution in [0, 0.1) is 0 Å². The fraction of sp³-hybridized carbons (Fsp3) is 0.533. The van der Waals surface area contributed by atoms with Crippen LogP contribution < -0.4 is 5.73 Å². The number of hydrogen-bond acceptors (Lipinski definition) is 9. The molecule has 28 heavy (non-hydrogen) atoms. The molecule has 1 fully saturated rings. The first kappa shape index (κ1) is 20.2. The van der Waals surface area contributed by atoms with Gasteiger partial charge in [0.2, 0.25) is 5.28 Å². The average molecular weight is 416 g/mol. The van der Waals surface area contributed by atoms with Gasteiger partial charge in [0.05, 0.1) is 25.6 Å². The number of imidazole rings is 1. The molecule has 2 aromatic rings. The number of carboxylic acids is 2. The van der Waals surface area contributed by atoms with Crippen molar-refractivity contribution in [2.75, 3.05) is 26.1 Å². The fourth-order valence-corrected chi connectivity index (χ4v) is 3.13. The minimum atomic E-state index is -2.51. The predicted octanol–water partition coefficient (Wildman–Crippen LogP) is 0.311. The van der Waals surface area contributed by atoms with E-state index < -0.39 is 36.5 Å². The van der Waals surface area contributed by atoms with E-state index in [1.807, 2.05) is 0 Å². The number of methoxy groups -OCH3 is 1. The summed E-state index contributed by atoms with van der Waals surface area (Å²) in [6.07, 6.45) is 1.52. The lowest BCUT2D eigenvalue weighted by Crippen LogP contribution is -2.53. The summed E-state index contributed by atoms with van der Waals surface area (Å²) < 4.78 is 17.4. The van der Waals surface area contributed by atoms with Gasteiger partial charge < -0.3 is 30.2 Å². The Morgan fingerprint density at radius 3 is 2.75 bits per heavy atom. The second-order valence-corrected chi connectivity index (χ2v) is 6.51. The molecule has 2 aromatic heterocycles. The van der Waals surface area contributed by atoms with Crippen LogP contribution in [0.1, 0.15) is 19.1 Å². The summed E-state index contributed by atoms with van der Waals surface area (Å²) in [7, 11) is 1.19. The van der Waals surface area contributed by atoms with E-state index in [1.165, 1.54) is 13.4 Å². The number of hydrogen-bond donors (Lipinski definition) is 3. The van der Waals surface area contributed by atoms with Gasteiger partial charge in [-0.3, -0.25) is 4.57 Å². The van der Waals surface area contributed by atoms with Crippen LogP contribution >= 0.6 is 11.6 Å². The number of nitrogens with zero attached hydrogens (tertiary/aromatic N) is 4. The second-order valence-electron chi connectivity index (χ2n) is 6.17. The number of halogens is 1. The molecule has 0 radical (unpaired) electrons. The molecule has 4 N–H and O–H groups in total. The zero-order valence-corrected chi connectivity index (χ0v) is 15.5. The molecule has 152 valence electrons. The Bertz CT molecular complexity index is 890. The van der Waals surface area contributed by atoms with Crippen LogP contribution in [-0.2, 0) is 23.8 Å². The number of carbonyl (C=O) groups is 2. The number of anilines is 1. The molecule has 1 saturated heterocycles. The molecule has 0 unspecified atom stereocenters. The van der Waals surface area contributed by atoms with Crippen LogP contribution in [-0.4, -0.2) is 73.7 Å². The Labute approximate surface area is 163 Å². The smallest absolute Gasteiger partial charge is 0.350 e. The number of nitrogen functional groups attached to an aromatic ring is 1. The van der Waals surface area contributed by atoms with Gasteiger partial charge in [0.15, 0.2) is 11.5 Å². The van der Waals surface area contributed by atoms with Gasteiger partial charge in [0.1, 0.15) is 11.7 Å². The van der Waals surface area contributed by atoms with Gasteiger partial charge in [-0.2, -0.15) is 9.97 Å². The summed E-state index contributed by atoms with van der Waals surface area (Å²) in [6.45, 7) is -0.891. The van der Waals surface area contributed by atoms with Crippen molar-refractivity contribution in [1.29, 1.82) is 0 Å². The number of aliphatic carboxylic acids is 2. The van der Waals surface area contributed by atoms with Crippen LogP contribution in [0.2, 0.25) is 5.28 Å². The van der Waals surface area contributed by atoms with Gasteiger partial charge in [-0.25, -0.2) is 14.6 Å². The zero-order chi connectivity index (χ0) is 20.5. The van der Waals surface area contributed by atoms with Gasteiger partial charge in [0, 0.05) is 7.11 Å². The molecule has 0 aliphatic carbocycles. The summed E-state index contributed by atoms with van der Waals surface area (Å²) in [5.74, 6) is -3.17. The lowest BCUT2D eigenvalue weighted by atomic mass is 10.1. The summed E-state index contributed by atoms with van der Waals surface area (Å²) in [4.78, 5) is 35.0. The molecule has 0 amide bonds. The van der Waals surface area contributed by atoms with Crippen molar-refractivity contribution in [1.82, 2.24) is 19.5 Å². The molecule has 0 saturated carbocycles. The van der Waals surface area contributed by atoms with Crippen LogP contribution in [0.4, 0.5) is 5.82 Å². The standard InChI is InChI=1S/C15H18ClN5O7/c1-26-5-15(12(22)23,13(24)25)27-4-7-2-3-8(28-7)21-6-18-9-10(17)19-14(16)20-11(9)21/h6-8H,2-5H2,1H3,(H,22,23)(H,24,25)(H2,17,19,20)/t7-,8+/m0/s1. The highest BCUT2D eigenvalue weighted by atomic mass is 35.5. The normalized spacial score (nSPS) is 19.9. The van der Waals surface area contributed by atoms with Gasteiger partial charge in [-0.05, 0) is 24.4 Å². The number of ether oxygens (including phenoxy) is 3. The number of rotatable bonds is 8. The van der Waals surface area contributed by atoms with Crippen LogP contribution in [0.25, 0.3) is 11.2 Å². The molecular weight excluding hydrogens is 398 g/mol. The van der Waals surface area contributed by atoms with E-state index in [4.69, 9.17) is 31.5 Å². The lowest BCUT2D eigenvalue weighted by Gasteiger charge is -2.26. The molecular formula is C15H18ClN5O7. The highest BCUT2D eigenvalue weighted by molar-refractivity contribution is 6.28. The van der Waals surface area contributed by atoms with Crippen molar-refractivity contribution in [3.8, 4) is 0 Å². The fourth-order valence-electron chi connectivity index (χ4n) is 2.95. The van der Waals surface area contributed by atoms with Crippen molar-refractivity contribution >= 4 is 40.5 Å². The van der Waals surface area contributed by atoms with Crippen molar-refractivity contribution in [3.63, 3.8) is 0 Å². The topological polar surface area (TPSA) is 172 Å². The Morgan fingerprint density at radius 2 is 2.11 bits per heavy atom. The Kier molecular flexibility index (Phi) is 5.65. The molecule has 3 heterocycles. The SMILES string of the molecule is COCC(OC[C@@H]1CC[C@H](n2cnc3c(N)nc(Cl)nc32)O1)(C(=O)O)C(=O)O. The first-order chi connectivity index (χ1) is 13.3. The summed E-state index contributed by atoms with van der Waals surface area (Å²) in [6, 6.07) is 0. The molecule has 2 atom stereocenters. The van der Waals surface area contributed by atoms with E-state index in [0.717, 1.165) is 0 Å². The van der Waals surface area contributed by atoms with E-state index in [0.29, 0.717) is 24.0 Å². The predicted molar refractivity (Wildman–Crippen MR) is 93.7 cm³/mol. The van der Waals surface area contributed by atoms with E-state index in [1.54, 1.807) is 4.57 Å². The van der Waals surface area contributed by atoms with E-state index in [-0.39, 0.29) is 17.7 Å². The lowest BCUT2D eigenvalue weighted by molar-refractivity contribution is -0.195. The molecule has 1 aliphatic heterocycles. The van der Waals surface area contributed by atoms with Crippen molar-refractivity contribution in [2.45, 2.75) is 30.8 Å². The van der Waals surface area contributed by atoms with Crippen molar-refractivity contribution in [2.24, 2.45) is 0 Å². The molecule has 0 bridgehead atoms. The number of fused-ring (bicyclic) bond motifs is 1. The van der Waals surface area contributed by atoms with E-state index in [2.05, 4.69) is 15.0 Å². The number of aromatic nitrogens is 4. The van der Waals surface area contributed by atoms with Crippen LogP contribution in [0.5, 0.6) is 0 Å². The monoisotopic (exact) mass is 415 g/mol. The highest BCUT2D eigenvalue weighted by Gasteiger charge is 2.49. The van der Waals surface area contributed by atoms with Gasteiger partial charge in [0.25, 0.3) is 5.60 Å². The Balaban J connectivity index is 1.72. The minimum absolute atomic E-state index is 0.0307. The maximum atomic E-state index is 11.4. The van der Waals surface area contributed by atoms with Crippen molar-refractivity contribution in [3.05, 3.63) is 11.6 Å². The average Bonchev–Trinajstić information content (AvgIpc) is 3.24. The third kappa shape index (κ3) is 3.58. The molecule has 1 aliphatic rings.